The van der Waals surface area contributed by atoms with Crippen molar-refractivity contribution in [1.29, 1.82) is 0 Å². The minimum absolute atomic E-state index is 0.0403. The van der Waals surface area contributed by atoms with Crippen molar-refractivity contribution in [3.8, 4) is 5.75 Å². The van der Waals surface area contributed by atoms with Gasteiger partial charge in [0.25, 0.3) is 10.0 Å². The van der Waals surface area contributed by atoms with Gasteiger partial charge in [-0.25, -0.2) is 8.42 Å². The summed E-state index contributed by atoms with van der Waals surface area (Å²) in [6.45, 7) is 7.10. The minimum atomic E-state index is -3.72. The van der Waals surface area contributed by atoms with Crippen LogP contribution in [0.5, 0.6) is 5.75 Å². The average molecular weight is 474 g/mol. The van der Waals surface area contributed by atoms with E-state index in [1.165, 1.54) is 12.1 Å². The van der Waals surface area contributed by atoms with Gasteiger partial charge >= 0.3 is 0 Å². The van der Waals surface area contributed by atoms with Crippen LogP contribution in [0.25, 0.3) is 0 Å². The van der Waals surface area contributed by atoms with Gasteiger partial charge in [0.2, 0.25) is 5.91 Å². The fourth-order valence-electron chi connectivity index (χ4n) is 4.05. The first-order valence-corrected chi connectivity index (χ1v) is 12.9. The monoisotopic (exact) mass is 473 g/mol. The van der Waals surface area contributed by atoms with Gasteiger partial charge in [0.05, 0.1) is 30.1 Å². The summed E-state index contributed by atoms with van der Waals surface area (Å²) in [5, 5.41) is 3.08. The molecule has 0 unspecified atom stereocenters. The first-order chi connectivity index (χ1) is 15.9. The van der Waals surface area contributed by atoms with Crippen molar-refractivity contribution >= 4 is 21.6 Å². The lowest BCUT2D eigenvalue weighted by Gasteiger charge is -2.27. The highest BCUT2D eigenvalue weighted by Crippen LogP contribution is 2.48. The van der Waals surface area contributed by atoms with E-state index in [9.17, 15) is 13.2 Å². The van der Waals surface area contributed by atoms with Crippen molar-refractivity contribution in [3.63, 3.8) is 0 Å². The normalized spacial score (nSPS) is 17.8. The van der Waals surface area contributed by atoms with Crippen molar-refractivity contribution in [3.05, 3.63) is 54.1 Å². The molecule has 33 heavy (non-hydrogen) atoms. The zero-order chi connectivity index (χ0) is 23.3. The second-order valence-electron chi connectivity index (χ2n) is 8.38. The van der Waals surface area contributed by atoms with Crippen LogP contribution in [0.2, 0.25) is 0 Å². The first kappa shape index (κ1) is 23.5. The number of carbonyl (C=O) groups is 1. The third kappa shape index (κ3) is 5.66. The van der Waals surface area contributed by atoms with Crippen LogP contribution >= 0.6 is 0 Å². The lowest BCUT2D eigenvalue weighted by Crippen LogP contribution is -2.43. The molecule has 4 rings (SSSR count). The Morgan fingerprint density at radius 1 is 1.06 bits per heavy atom. The number of morpholine rings is 1. The summed E-state index contributed by atoms with van der Waals surface area (Å²) in [7, 11) is -3.72. The van der Waals surface area contributed by atoms with E-state index in [2.05, 4.69) is 14.9 Å². The Balaban J connectivity index is 1.34. The van der Waals surface area contributed by atoms with E-state index in [4.69, 9.17) is 9.47 Å². The Hall–Kier alpha value is -2.62. The smallest absolute Gasteiger partial charge is 0.261 e. The fraction of sp³-hybridized carbons (Fsp3) is 0.458. The van der Waals surface area contributed by atoms with Gasteiger partial charge in [-0.15, -0.1) is 0 Å². The van der Waals surface area contributed by atoms with E-state index in [0.29, 0.717) is 24.6 Å². The molecule has 0 bridgehead atoms. The zero-order valence-electron chi connectivity index (χ0n) is 18.9. The van der Waals surface area contributed by atoms with Gasteiger partial charge in [0, 0.05) is 31.9 Å². The Bertz CT molecular complexity index is 1040. The van der Waals surface area contributed by atoms with Crippen LogP contribution < -0.4 is 14.8 Å². The summed E-state index contributed by atoms with van der Waals surface area (Å²) in [6.07, 6.45) is 1.60. The summed E-state index contributed by atoms with van der Waals surface area (Å²) in [5.41, 5.74) is 0.865. The predicted molar refractivity (Wildman–Crippen MR) is 126 cm³/mol. The molecule has 1 heterocycles. The van der Waals surface area contributed by atoms with Crippen molar-refractivity contribution < 1.29 is 22.7 Å². The largest absolute Gasteiger partial charge is 0.494 e. The second-order valence-corrected chi connectivity index (χ2v) is 10.1. The highest BCUT2D eigenvalue weighted by Gasteiger charge is 2.51. The Morgan fingerprint density at radius 3 is 2.33 bits per heavy atom. The number of carbonyl (C=O) groups excluding carboxylic acids is 1. The Kier molecular flexibility index (Phi) is 7.21. The summed E-state index contributed by atoms with van der Waals surface area (Å²) < 4.78 is 38.7. The van der Waals surface area contributed by atoms with Crippen molar-refractivity contribution in [2.24, 2.45) is 0 Å². The molecular weight excluding hydrogens is 442 g/mol. The molecule has 1 saturated heterocycles. The molecule has 0 radical (unpaired) electrons. The standard InChI is InChI=1S/C24H31N3O5S/c1-2-32-21-7-9-22(10-8-21)33(29,30)26-20-5-3-19(4-6-20)24(11-12-24)23(28)25-13-14-27-15-17-31-18-16-27/h3-10,26H,2,11-18H2,1H3,(H,25,28). The van der Waals surface area contributed by atoms with Crippen LogP contribution in [0.4, 0.5) is 5.69 Å². The van der Waals surface area contributed by atoms with E-state index in [0.717, 1.165) is 51.3 Å². The summed E-state index contributed by atoms with van der Waals surface area (Å²) in [6, 6.07) is 13.4. The van der Waals surface area contributed by atoms with Crippen LogP contribution in [-0.2, 0) is 25.0 Å². The lowest BCUT2D eigenvalue weighted by molar-refractivity contribution is -0.123. The lowest BCUT2D eigenvalue weighted by atomic mass is 9.95. The maximum atomic E-state index is 12.9. The summed E-state index contributed by atoms with van der Waals surface area (Å²) in [5.74, 6) is 0.664. The molecule has 178 valence electrons. The zero-order valence-corrected chi connectivity index (χ0v) is 19.7. The molecule has 0 atom stereocenters. The van der Waals surface area contributed by atoms with Crippen molar-refractivity contribution in [2.75, 3.05) is 50.7 Å². The highest BCUT2D eigenvalue weighted by atomic mass is 32.2. The molecule has 2 N–H and O–H groups in total. The quantitative estimate of drug-likeness (QED) is 0.550. The summed E-state index contributed by atoms with van der Waals surface area (Å²) in [4.78, 5) is 15.3. The fourth-order valence-corrected chi connectivity index (χ4v) is 5.11. The summed E-state index contributed by atoms with van der Waals surface area (Å²) >= 11 is 0. The van der Waals surface area contributed by atoms with E-state index in [1.807, 2.05) is 19.1 Å². The molecule has 1 amide bonds. The van der Waals surface area contributed by atoms with E-state index >= 15 is 0 Å². The third-order valence-corrected chi connectivity index (χ3v) is 7.53. The van der Waals surface area contributed by atoms with Gasteiger partial charge < -0.3 is 14.8 Å². The van der Waals surface area contributed by atoms with Gasteiger partial charge in [0.1, 0.15) is 5.75 Å². The average Bonchev–Trinajstić information content (AvgIpc) is 3.63. The second kappa shape index (κ2) is 10.1. The molecular formula is C24H31N3O5S. The van der Waals surface area contributed by atoms with Crippen molar-refractivity contribution in [2.45, 2.75) is 30.1 Å². The molecule has 8 nitrogen and oxygen atoms in total. The number of ether oxygens (including phenoxy) is 2. The molecule has 1 aliphatic carbocycles. The maximum Gasteiger partial charge on any atom is 0.261 e. The number of hydrogen-bond donors (Lipinski definition) is 2. The van der Waals surface area contributed by atoms with Crippen LogP contribution in [0, 0.1) is 0 Å². The van der Waals surface area contributed by atoms with Crippen LogP contribution in [-0.4, -0.2) is 65.2 Å². The highest BCUT2D eigenvalue weighted by molar-refractivity contribution is 7.92. The first-order valence-electron chi connectivity index (χ1n) is 11.4. The number of benzene rings is 2. The van der Waals surface area contributed by atoms with Crippen molar-refractivity contribution in [1.82, 2.24) is 10.2 Å². The molecule has 0 aromatic heterocycles. The number of hydrogen-bond acceptors (Lipinski definition) is 6. The Morgan fingerprint density at radius 2 is 1.73 bits per heavy atom. The van der Waals surface area contributed by atoms with E-state index in [1.54, 1.807) is 24.3 Å². The van der Waals surface area contributed by atoms with E-state index < -0.39 is 15.4 Å². The molecule has 2 aromatic carbocycles. The molecule has 9 heteroatoms. The number of rotatable bonds is 10. The van der Waals surface area contributed by atoms with E-state index in [-0.39, 0.29) is 10.8 Å². The minimum Gasteiger partial charge on any atom is -0.494 e. The topological polar surface area (TPSA) is 97.0 Å². The third-order valence-electron chi connectivity index (χ3n) is 6.14. The number of anilines is 1. The van der Waals surface area contributed by atoms with Gasteiger partial charge in [-0.1, -0.05) is 12.1 Å². The van der Waals surface area contributed by atoms with Gasteiger partial charge in [-0.3, -0.25) is 14.4 Å². The molecule has 1 aliphatic heterocycles. The van der Waals surface area contributed by atoms with Gasteiger partial charge in [-0.05, 0) is 61.7 Å². The van der Waals surface area contributed by atoms with Gasteiger partial charge in [-0.2, -0.15) is 0 Å². The predicted octanol–water partition coefficient (Wildman–Crippen LogP) is 2.37. The van der Waals surface area contributed by atoms with Crippen LogP contribution in [0.3, 0.4) is 0 Å². The molecule has 2 aromatic rings. The van der Waals surface area contributed by atoms with Crippen LogP contribution in [0.15, 0.2) is 53.4 Å². The number of sulfonamides is 1. The molecule has 2 fully saturated rings. The SMILES string of the molecule is CCOc1ccc(S(=O)(=O)Nc2ccc(C3(C(=O)NCCN4CCOCC4)CC3)cc2)cc1. The Labute approximate surface area is 195 Å². The molecule has 2 aliphatic rings. The molecule has 0 spiro atoms. The van der Waals surface area contributed by atoms with Crippen LogP contribution in [0.1, 0.15) is 25.3 Å². The van der Waals surface area contributed by atoms with Gasteiger partial charge in [0.15, 0.2) is 0 Å². The maximum absolute atomic E-state index is 12.9. The molecule has 1 saturated carbocycles. The number of nitrogens with zero attached hydrogens (tertiary/aromatic N) is 1. The number of amides is 1. The number of nitrogens with one attached hydrogen (secondary N) is 2.